The van der Waals surface area contributed by atoms with Gasteiger partial charge in [0.2, 0.25) is 11.8 Å². The molecule has 6 nitrogen and oxygen atoms in total. The lowest BCUT2D eigenvalue weighted by Crippen LogP contribution is -2.44. The zero-order valence-corrected chi connectivity index (χ0v) is 11.6. The van der Waals surface area contributed by atoms with E-state index in [-0.39, 0.29) is 18.2 Å². The first-order valence-electron chi connectivity index (χ1n) is 6.61. The van der Waals surface area contributed by atoms with Crippen molar-refractivity contribution >= 4 is 17.8 Å². The molecule has 0 atom stereocenters. The molecule has 0 aromatic rings. The lowest BCUT2D eigenvalue weighted by atomic mass is 9.88. The predicted molar refractivity (Wildman–Crippen MR) is 69.5 cm³/mol. The van der Waals surface area contributed by atoms with E-state index in [1.165, 1.54) is 0 Å². The van der Waals surface area contributed by atoms with Crippen LogP contribution < -0.4 is 5.32 Å². The number of piperidine rings is 1. The second-order valence-electron chi connectivity index (χ2n) is 5.55. The second-order valence-corrected chi connectivity index (χ2v) is 5.55. The number of rotatable bonds is 6. The molecule has 1 aliphatic heterocycles. The van der Waals surface area contributed by atoms with Crippen LogP contribution in [-0.4, -0.2) is 47.4 Å². The molecule has 0 aromatic heterocycles. The molecular weight excluding hydrogens is 248 g/mol. The van der Waals surface area contributed by atoms with Crippen molar-refractivity contribution in [3.05, 3.63) is 0 Å². The summed E-state index contributed by atoms with van der Waals surface area (Å²) in [5.74, 6) is -1.16. The fourth-order valence-electron chi connectivity index (χ4n) is 2.10. The first-order valence-corrected chi connectivity index (χ1v) is 6.61. The lowest BCUT2D eigenvalue weighted by molar-refractivity contribution is -0.144. The van der Waals surface area contributed by atoms with Gasteiger partial charge in [0.05, 0.1) is 11.8 Å². The van der Waals surface area contributed by atoms with Gasteiger partial charge in [0.15, 0.2) is 0 Å². The molecule has 6 heteroatoms. The number of nitrogens with zero attached hydrogens (tertiary/aromatic N) is 1. The van der Waals surface area contributed by atoms with E-state index in [2.05, 4.69) is 5.32 Å². The molecule has 19 heavy (non-hydrogen) atoms. The van der Waals surface area contributed by atoms with Crippen LogP contribution in [0.3, 0.4) is 0 Å². The highest BCUT2D eigenvalue weighted by Crippen LogP contribution is 2.20. The minimum Gasteiger partial charge on any atom is -0.481 e. The van der Waals surface area contributed by atoms with Crippen molar-refractivity contribution in [2.75, 3.05) is 19.6 Å². The number of likely N-dealkylation sites (tertiary alicyclic amines) is 1. The van der Waals surface area contributed by atoms with E-state index in [9.17, 15) is 14.4 Å². The summed E-state index contributed by atoms with van der Waals surface area (Å²) < 4.78 is 0. The monoisotopic (exact) mass is 270 g/mol. The number of carbonyl (C=O) groups is 3. The summed E-state index contributed by atoms with van der Waals surface area (Å²) in [6.07, 6.45) is 2.32. The van der Waals surface area contributed by atoms with E-state index in [0.29, 0.717) is 19.5 Å². The van der Waals surface area contributed by atoms with Crippen LogP contribution in [0, 0.1) is 5.41 Å². The lowest BCUT2D eigenvalue weighted by Gasteiger charge is -2.27. The number of aliphatic carboxylic acids is 1. The van der Waals surface area contributed by atoms with E-state index in [4.69, 9.17) is 5.11 Å². The molecule has 1 fully saturated rings. The molecule has 0 unspecified atom stereocenters. The molecule has 0 radical (unpaired) electrons. The van der Waals surface area contributed by atoms with Gasteiger partial charge in [-0.3, -0.25) is 14.4 Å². The Bertz CT molecular complexity index is 366. The van der Waals surface area contributed by atoms with Crippen LogP contribution >= 0.6 is 0 Å². The maximum absolute atomic E-state index is 11.8. The largest absolute Gasteiger partial charge is 0.481 e. The number of carboxylic acids is 1. The second kappa shape index (κ2) is 6.54. The summed E-state index contributed by atoms with van der Waals surface area (Å²) in [6.45, 7) is 4.81. The van der Waals surface area contributed by atoms with Crippen LogP contribution in [0.25, 0.3) is 0 Å². The summed E-state index contributed by atoms with van der Waals surface area (Å²) in [6, 6.07) is 0. The Morgan fingerprint density at radius 2 is 2.05 bits per heavy atom. The van der Waals surface area contributed by atoms with Gasteiger partial charge in [-0.05, 0) is 12.8 Å². The van der Waals surface area contributed by atoms with Crippen molar-refractivity contribution in [3.8, 4) is 0 Å². The zero-order chi connectivity index (χ0) is 14.5. The smallest absolute Gasteiger partial charge is 0.304 e. The first kappa shape index (κ1) is 15.5. The molecule has 2 N–H and O–H groups in total. The summed E-state index contributed by atoms with van der Waals surface area (Å²) in [4.78, 5) is 35.8. The maximum Gasteiger partial charge on any atom is 0.304 e. The normalized spacial score (nSPS) is 16.3. The van der Waals surface area contributed by atoms with Gasteiger partial charge in [-0.2, -0.15) is 0 Å². The number of carbonyl (C=O) groups excluding carboxylic acids is 2. The van der Waals surface area contributed by atoms with E-state index in [1.54, 1.807) is 18.7 Å². The quantitative estimate of drug-likeness (QED) is 0.740. The average Bonchev–Trinajstić information content (AvgIpc) is 2.29. The van der Waals surface area contributed by atoms with Gasteiger partial charge in [-0.25, -0.2) is 0 Å². The Labute approximate surface area is 113 Å². The van der Waals surface area contributed by atoms with Gasteiger partial charge in [0.25, 0.3) is 0 Å². The molecule has 0 saturated carbocycles. The molecule has 108 valence electrons. The Morgan fingerprint density at radius 3 is 2.63 bits per heavy atom. The third-order valence-electron chi connectivity index (χ3n) is 3.30. The Morgan fingerprint density at radius 1 is 1.37 bits per heavy atom. The molecule has 2 amide bonds. The topological polar surface area (TPSA) is 86.7 Å². The standard InChI is InChI=1S/C13H22N2O4/c1-13(2,9-11(17)18)12(19)14-6-8-15-7-4-3-5-10(15)16/h3-9H2,1-2H3,(H,14,19)(H,17,18). The third kappa shape index (κ3) is 4.89. The highest BCUT2D eigenvalue weighted by molar-refractivity contribution is 5.86. The van der Waals surface area contributed by atoms with Gasteiger partial charge in [-0.15, -0.1) is 0 Å². The van der Waals surface area contributed by atoms with Crippen molar-refractivity contribution in [1.29, 1.82) is 0 Å². The Kier molecular flexibility index (Phi) is 5.32. The molecule has 1 heterocycles. The highest BCUT2D eigenvalue weighted by atomic mass is 16.4. The number of carboxylic acid groups (broad SMARTS) is 1. The highest BCUT2D eigenvalue weighted by Gasteiger charge is 2.30. The number of hydrogen-bond donors (Lipinski definition) is 2. The van der Waals surface area contributed by atoms with E-state index in [1.807, 2.05) is 0 Å². The molecule has 0 bridgehead atoms. The Balaban J connectivity index is 2.33. The maximum atomic E-state index is 11.8. The van der Waals surface area contributed by atoms with E-state index < -0.39 is 11.4 Å². The average molecular weight is 270 g/mol. The number of nitrogens with one attached hydrogen (secondary N) is 1. The zero-order valence-electron chi connectivity index (χ0n) is 11.6. The van der Waals surface area contributed by atoms with Crippen LogP contribution in [0.2, 0.25) is 0 Å². The van der Waals surface area contributed by atoms with Crippen LogP contribution in [0.1, 0.15) is 39.5 Å². The van der Waals surface area contributed by atoms with Gasteiger partial charge in [-0.1, -0.05) is 13.8 Å². The van der Waals surface area contributed by atoms with Gasteiger partial charge < -0.3 is 15.3 Å². The molecule has 1 rings (SSSR count). The SMILES string of the molecule is CC(C)(CC(=O)O)C(=O)NCCN1CCCCC1=O. The molecule has 1 aliphatic rings. The number of hydrogen-bond acceptors (Lipinski definition) is 3. The predicted octanol–water partition coefficient (Wildman–Crippen LogP) is 0.616. The summed E-state index contributed by atoms with van der Waals surface area (Å²) >= 11 is 0. The minimum absolute atomic E-state index is 0.130. The van der Waals surface area contributed by atoms with E-state index >= 15 is 0 Å². The molecule has 0 spiro atoms. The molecule has 0 aromatic carbocycles. The van der Waals surface area contributed by atoms with Crippen LogP contribution in [0.4, 0.5) is 0 Å². The summed E-state index contributed by atoms with van der Waals surface area (Å²) in [5, 5.41) is 11.4. The van der Waals surface area contributed by atoms with Crippen molar-refractivity contribution < 1.29 is 19.5 Å². The fourth-order valence-corrected chi connectivity index (χ4v) is 2.10. The van der Waals surface area contributed by atoms with Crippen LogP contribution in [0.5, 0.6) is 0 Å². The van der Waals surface area contributed by atoms with Gasteiger partial charge in [0, 0.05) is 26.1 Å². The van der Waals surface area contributed by atoms with Crippen molar-refractivity contribution in [2.24, 2.45) is 5.41 Å². The summed E-state index contributed by atoms with van der Waals surface area (Å²) in [7, 11) is 0. The van der Waals surface area contributed by atoms with Crippen LogP contribution in [-0.2, 0) is 14.4 Å². The summed E-state index contributed by atoms with van der Waals surface area (Å²) in [5.41, 5.74) is -0.933. The van der Waals surface area contributed by atoms with Gasteiger partial charge >= 0.3 is 5.97 Å². The molecular formula is C13H22N2O4. The number of amides is 2. The van der Waals surface area contributed by atoms with E-state index in [0.717, 1.165) is 19.4 Å². The minimum atomic E-state index is -0.994. The molecule has 1 saturated heterocycles. The Hall–Kier alpha value is -1.59. The van der Waals surface area contributed by atoms with Gasteiger partial charge in [0.1, 0.15) is 0 Å². The van der Waals surface area contributed by atoms with Crippen molar-refractivity contribution in [1.82, 2.24) is 10.2 Å². The van der Waals surface area contributed by atoms with Crippen molar-refractivity contribution in [3.63, 3.8) is 0 Å². The first-order chi connectivity index (χ1) is 8.83. The molecule has 0 aliphatic carbocycles. The fraction of sp³-hybridized carbons (Fsp3) is 0.769. The van der Waals surface area contributed by atoms with Crippen molar-refractivity contribution in [2.45, 2.75) is 39.5 Å². The third-order valence-corrected chi connectivity index (χ3v) is 3.30. The van der Waals surface area contributed by atoms with Crippen LogP contribution in [0.15, 0.2) is 0 Å².